The Morgan fingerprint density at radius 3 is 2.27 bits per heavy atom. The monoisotopic (exact) mass is 434 g/mol. The van der Waals surface area contributed by atoms with Gasteiger partial charge in [0, 0.05) is 37.0 Å². The minimum atomic E-state index is -4.94. The van der Waals surface area contributed by atoms with Gasteiger partial charge in [-0.1, -0.05) is 6.07 Å². The summed E-state index contributed by atoms with van der Waals surface area (Å²) in [6.07, 6.45) is 3.49. The van der Waals surface area contributed by atoms with E-state index in [-0.39, 0.29) is 21.5 Å². The van der Waals surface area contributed by atoms with Crippen molar-refractivity contribution in [2.24, 2.45) is 10.3 Å². The molecule has 12 nitrogen and oxygen atoms in total. The third-order valence-electron chi connectivity index (χ3n) is 3.12. The molecule has 1 saturated heterocycles. The molecule has 0 saturated carbocycles. The van der Waals surface area contributed by atoms with Gasteiger partial charge in [0.05, 0.1) is 25.3 Å². The first-order chi connectivity index (χ1) is 11.8. The van der Waals surface area contributed by atoms with Crippen LogP contribution in [-0.2, 0) is 16.5 Å². The molecular formula is C12H17ClN6NiO6. The summed E-state index contributed by atoms with van der Waals surface area (Å²) < 4.78 is 34.0. The van der Waals surface area contributed by atoms with E-state index in [1.54, 1.807) is 12.4 Å². The van der Waals surface area contributed by atoms with Gasteiger partial charge in [0.25, 0.3) is 0 Å². The maximum absolute atomic E-state index is 11.0. The first-order valence-electron chi connectivity index (χ1n) is 7.10. The summed E-state index contributed by atoms with van der Waals surface area (Å²) in [7, 11) is -4.94. The van der Waals surface area contributed by atoms with Crippen LogP contribution >= 0.6 is 0 Å². The standard InChI is InChI=1S/C12H18N6O2.ClHO4.Ni/c19-15-18(20)17-9-7-16(8-10-17)6-5-13-11-12-3-1-2-4-14-12;2-1(3,4)5;/h1-4,11,19H,5-10H2;(H,2,3,4,5);/q;;+2/p-2/b13-11?,18-15-;;. The predicted molar refractivity (Wildman–Crippen MR) is 74.1 cm³/mol. The second kappa shape index (κ2) is 12.7. The Morgan fingerprint density at radius 2 is 1.77 bits per heavy atom. The molecule has 148 valence electrons. The second-order valence-electron chi connectivity index (χ2n) is 4.80. The summed E-state index contributed by atoms with van der Waals surface area (Å²) in [5.74, 6) is 0. The molecule has 0 bridgehead atoms. The van der Waals surface area contributed by atoms with Crippen LogP contribution in [-0.4, -0.2) is 65.3 Å². The van der Waals surface area contributed by atoms with Crippen molar-refractivity contribution >= 4 is 6.21 Å². The van der Waals surface area contributed by atoms with Crippen LogP contribution in [0.25, 0.3) is 0 Å². The summed E-state index contributed by atoms with van der Waals surface area (Å²) in [6.45, 7) is 3.99. The fourth-order valence-electron chi connectivity index (χ4n) is 1.99. The van der Waals surface area contributed by atoms with Gasteiger partial charge in [0.15, 0.2) is 0 Å². The zero-order chi connectivity index (χ0) is 18.7. The number of hydrazine groups is 1. The predicted octanol–water partition coefficient (Wildman–Crippen LogP) is -4.27. The molecule has 0 spiro atoms. The molecular weight excluding hydrogens is 418 g/mol. The van der Waals surface area contributed by atoms with E-state index in [0.29, 0.717) is 19.6 Å². The Kier molecular flexibility index (Phi) is 11.9. The van der Waals surface area contributed by atoms with E-state index in [2.05, 4.69) is 20.2 Å². The minimum Gasteiger partial charge on any atom is -0.737 e. The Hall–Kier alpha value is -1.60. The van der Waals surface area contributed by atoms with Crippen LogP contribution in [0.3, 0.4) is 0 Å². The molecule has 0 atom stereocenters. The van der Waals surface area contributed by atoms with E-state index in [4.69, 9.17) is 18.6 Å². The molecule has 0 aromatic carbocycles. The topological polar surface area (TPSA) is 185 Å². The van der Waals surface area contributed by atoms with Crippen LogP contribution in [0.1, 0.15) is 5.69 Å². The molecule has 0 aliphatic carbocycles. The van der Waals surface area contributed by atoms with E-state index >= 15 is 0 Å². The maximum atomic E-state index is 11.0. The summed E-state index contributed by atoms with van der Waals surface area (Å²) in [6, 6.07) is 5.69. The van der Waals surface area contributed by atoms with E-state index in [1.807, 2.05) is 18.2 Å². The average molecular weight is 435 g/mol. The maximum Gasteiger partial charge on any atom is 2.00 e. The fourth-order valence-corrected chi connectivity index (χ4v) is 1.99. The third-order valence-corrected chi connectivity index (χ3v) is 3.12. The van der Waals surface area contributed by atoms with E-state index < -0.39 is 10.2 Å². The fraction of sp³-hybridized carbons (Fsp3) is 0.500. The average Bonchev–Trinajstić information content (AvgIpc) is 2.58. The largest absolute Gasteiger partial charge is 2.00 e. The number of halogens is 1. The van der Waals surface area contributed by atoms with Crippen molar-refractivity contribution in [3.63, 3.8) is 0 Å². The number of aliphatic imine (C=N–C) groups is 1. The van der Waals surface area contributed by atoms with Crippen LogP contribution in [0, 0.1) is 20.7 Å². The number of nitrogens with zero attached hydrogens (tertiary/aromatic N) is 6. The van der Waals surface area contributed by atoms with Gasteiger partial charge in [-0.05, 0) is 17.4 Å². The van der Waals surface area contributed by atoms with Gasteiger partial charge in [0.1, 0.15) is 0 Å². The van der Waals surface area contributed by atoms with Gasteiger partial charge >= 0.3 is 16.5 Å². The van der Waals surface area contributed by atoms with E-state index in [9.17, 15) is 10.4 Å². The number of hydrogen-bond donors (Lipinski definition) is 0. The summed E-state index contributed by atoms with van der Waals surface area (Å²) >= 11 is 0. The van der Waals surface area contributed by atoms with Crippen molar-refractivity contribution in [3.05, 3.63) is 40.5 Å². The molecule has 0 unspecified atom stereocenters. The molecule has 2 heterocycles. The Labute approximate surface area is 161 Å². The summed E-state index contributed by atoms with van der Waals surface area (Å²) in [5, 5.41) is 24.9. The van der Waals surface area contributed by atoms with E-state index in [0.717, 1.165) is 25.3 Å². The molecule has 1 aliphatic rings. The van der Waals surface area contributed by atoms with Crippen LogP contribution in [0.15, 0.2) is 34.7 Å². The normalized spacial score (nSPS) is 16.0. The molecule has 14 heteroatoms. The molecule has 1 fully saturated rings. The number of hydrogen-bond acceptors (Lipinski definition) is 10. The van der Waals surface area contributed by atoms with Crippen LogP contribution in [0.4, 0.5) is 0 Å². The molecule has 2 rings (SSSR count). The number of aromatic nitrogens is 1. The molecule has 1 aromatic rings. The van der Waals surface area contributed by atoms with Crippen LogP contribution in [0.2, 0.25) is 0 Å². The van der Waals surface area contributed by atoms with Gasteiger partial charge in [0.2, 0.25) is 0 Å². The summed E-state index contributed by atoms with van der Waals surface area (Å²) in [4.78, 5) is 10.8. The second-order valence-corrected chi connectivity index (χ2v) is 5.55. The third kappa shape index (κ3) is 11.9. The first kappa shape index (κ1) is 24.4. The smallest absolute Gasteiger partial charge is 0.737 e. The number of piperazine rings is 1. The molecule has 1 aromatic heterocycles. The quantitative estimate of drug-likeness (QED) is 0.145. The first-order valence-corrected chi connectivity index (χ1v) is 8.33. The van der Waals surface area contributed by atoms with Crippen LogP contribution in [0.5, 0.6) is 0 Å². The molecule has 0 amide bonds. The molecule has 1 aliphatic heterocycles. The minimum absolute atomic E-state index is 0. The zero-order valence-electron chi connectivity index (χ0n) is 13.5. The van der Waals surface area contributed by atoms with Crippen molar-refractivity contribution in [3.8, 4) is 0 Å². The van der Waals surface area contributed by atoms with Gasteiger partial charge in [-0.2, -0.15) is 0 Å². The van der Waals surface area contributed by atoms with Crippen molar-refractivity contribution in [2.75, 3.05) is 39.3 Å². The van der Waals surface area contributed by atoms with Gasteiger partial charge in [-0.25, -0.2) is 18.6 Å². The van der Waals surface area contributed by atoms with Gasteiger partial charge in [-0.15, -0.1) is 15.3 Å². The summed E-state index contributed by atoms with van der Waals surface area (Å²) in [5.41, 5.74) is 0.844. The Balaban J connectivity index is 0.000000923. The zero-order valence-corrected chi connectivity index (χ0v) is 15.2. The van der Waals surface area contributed by atoms with Crippen molar-refractivity contribution in [1.82, 2.24) is 14.9 Å². The van der Waals surface area contributed by atoms with Gasteiger partial charge < -0.3 is 10.4 Å². The van der Waals surface area contributed by atoms with Crippen molar-refractivity contribution in [2.45, 2.75) is 0 Å². The molecule has 0 radical (unpaired) electrons. The molecule has 26 heavy (non-hydrogen) atoms. The Bertz CT molecular complexity index is 547. The van der Waals surface area contributed by atoms with Crippen molar-refractivity contribution < 1.29 is 50.3 Å². The van der Waals surface area contributed by atoms with E-state index in [1.165, 1.54) is 5.01 Å². The Morgan fingerprint density at radius 1 is 1.15 bits per heavy atom. The number of pyridine rings is 1. The number of rotatable bonds is 5. The van der Waals surface area contributed by atoms with Crippen molar-refractivity contribution in [1.29, 1.82) is 0 Å². The SMILES string of the molecule is [Ni+2].[O-]/N=[N+](\[O-])N1CCN(CCN=Cc2ccccn2)CC1.[O-][Cl+3]([O-])([O-])[O-]. The molecule has 0 N–H and O–H groups in total. The van der Waals surface area contributed by atoms with Crippen LogP contribution < -0.4 is 18.6 Å². The van der Waals surface area contributed by atoms with Gasteiger partial charge in [-0.3, -0.25) is 14.9 Å².